The molecule has 1 aliphatic rings. The van der Waals surface area contributed by atoms with E-state index >= 15 is 0 Å². The number of rotatable bonds is 3. The molecule has 4 heteroatoms. The fourth-order valence-corrected chi connectivity index (χ4v) is 1.62. The first-order valence-corrected chi connectivity index (χ1v) is 4.91. The lowest BCUT2D eigenvalue weighted by atomic mass is 10.1. The summed E-state index contributed by atoms with van der Waals surface area (Å²) < 4.78 is 12.5. The van der Waals surface area contributed by atoms with Crippen LogP contribution in [0, 0.1) is 11.7 Å². The van der Waals surface area contributed by atoms with Gasteiger partial charge in [0.25, 0.3) is 0 Å². The number of hydrogen-bond acceptors (Lipinski definition) is 3. The zero-order valence-electron chi connectivity index (χ0n) is 7.96. The number of anilines is 1. The maximum atomic E-state index is 12.5. The fourth-order valence-electron chi connectivity index (χ4n) is 1.62. The number of aromatic nitrogens is 1. The molecule has 0 amide bonds. The number of hydrogen-bond donors (Lipinski definition) is 2. The Balaban J connectivity index is 1.82. The first-order chi connectivity index (χ1) is 6.84. The molecule has 0 bridgehead atoms. The molecule has 0 radical (unpaired) electrons. The minimum Gasteiger partial charge on any atom is -0.370 e. The van der Waals surface area contributed by atoms with Gasteiger partial charge in [-0.15, -0.1) is 0 Å². The van der Waals surface area contributed by atoms with Crippen LogP contribution in [0.15, 0.2) is 18.3 Å². The van der Waals surface area contributed by atoms with Crippen LogP contribution in [0.3, 0.4) is 0 Å². The average molecular weight is 195 g/mol. The van der Waals surface area contributed by atoms with E-state index in [1.807, 2.05) is 0 Å². The van der Waals surface area contributed by atoms with Gasteiger partial charge in [-0.05, 0) is 37.6 Å². The zero-order valence-corrected chi connectivity index (χ0v) is 7.96. The van der Waals surface area contributed by atoms with Gasteiger partial charge in [-0.25, -0.2) is 9.37 Å². The molecule has 1 atom stereocenters. The van der Waals surface area contributed by atoms with E-state index in [4.69, 9.17) is 0 Å². The lowest BCUT2D eigenvalue weighted by Gasteiger charge is -2.09. The van der Waals surface area contributed by atoms with Crippen LogP contribution in [0.4, 0.5) is 10.2 Å². The van der Waals surface area contributed by atoms with Crippen molar-refractivity contribution in [1.82, 2.24) is 10.3 Å². The molecule has 1 saturated heterocycles. The van der Waals surface area contributed by atoms with Gasteiger partial charge in [0.15, 0.2) is 0 Å². The summed E-state index contributed by atoms with van der Waals surface area (Å²) in [5.41, 5.74) is 0. The van der Waals surface area contributed by atoms with Gasteiger partial charge < -0.3 is 10.6 Å². The van der Waals surface area contributed by atoms with E-state index in [2.05, 4.69) is 15.6 Å². The number of halogens is 1. The molecular formula is C10H14FN3. The molecule has 2 N–H and O–H groups in total. The quantitative estimate of drug-likeness (QED) is 0.762. The highest BCUT2D eigenvalue weighted by Crippen LogP contribution is 2.09. The van der Waals surface area contributed by atoms with Crippen LogP contribution in [-0.4, -0.2) is 24.6 Å². The summed E-state index contributed by atoms with van der Waals surface area (Å²) >= 11 is 0. The predicted octanol–water partition coefficient (Wildman–Crippen LogP) is 1.24. The molecule has 76 valence electrons. The molecule has 14 heavy (non-hydrogen) atoms. The Labute approximate surface area is 82.7 Å². The van der Waals surface area contributed by atoms with Crippen molar-refractivity contribution in [2.45, 2.75) is 6.42 Å². The molecule has 1 aromatic rings. The molecule has 0 aromatic carbocycles. The van der Waals surface area contributed by atoms with Crippen molar-refractivity contribution in [3.8, 4) is 0 Å². The third kappa shape index (κ3) is 2.42. The van der Waals surface area contributed by atoms with Gasteiger partial charge in [0.1, 0.15) is 11.6 Å². The minimum absolute atomic E-state index is 0.293. The van der Waals surface area contributed by atoms with Gasteiger partial charge in [-0.1, -0.05) is 0 Å². The molecular weight excluding hydrogens is 181 g/mol. The van der Waals surface area contributed by atoms with Crippen LogP contribution in [-0.2, 0) is 0 Å². The highest BCUT2D eigenvalue weighted by atomic mass is 19.1. The van der Waals surface area contributed by atoms with Gasteiger partial charge in [0.05, 0.1) is 6.20 Å². The second-order valence-electron chi connectivity index (χ2n) is 3.60. The average Bonchev–Trinajstić information content (AvgIpc) is 2.70. The molecule has 2 heterocycles. The van der Waals surface area contributed by atoms with Crippen molar-refractivity contribution in [1.29, 1.82) is 0 Å². The Morgan fingerprint density at radius 3 is 3.14 bits per heavy atom. The van der Waals surface area contributed by atoms with Crippen LogP contribution in [0.5, 0.6) is 0 Å². The molecule has 3 nitrogen and oxygen atoms in total. The molecule has 1 fully saturated rings. The van der Waals surface area contributed by atoms with Crippen LogP contribution in [0.1, 0.15) is 6.42 Å². The highest BCUT2D eigenvalue weighted by molar-refractivity contribution is 5.33. The number of nitrogens with zero attached hydrogens (tertiary/aromatic N) is 1. The second kappa shape index (κ2) is 4.37. The topological polar surface area (TPSA) is 37.0 Å². The summed E-state index contributed by atoms with van der Waals surface area (Å²) in [6, 6.07) is 3.08. The van der Waals surface area contributed by atoms with Crippen molar-refractivity contribution in [3.63, 3.8) is 0 Å². The molecule has 1 unspecified atom stereocenters. The molecule has 1 aliphatic heterocycles. The molecule has 0 aliphatic carbocycles. The van der Waals surface area contributed by atoms with Crippen molar-refractivity contribution in [3.05, 3.63) is 24.1 Å². The number of pyridine rings is 1. The van der Waals surface area contributed by atoms with Crippen molar-refractivity contribution >= 4 is 5.82 Å². The van der Waals surface area contributed by atoms with Gasteiger partial charge in [-0.2, -0.15) is 0 Å². The van der Waals surface area contributed by atoms with Gasteiger partial charge in [0, 0.05) is 6.54 Å². The summed E-state index contributed by atoms with van der Waals surface area (Å²) in [6.07, 6.45) is 2.43. The molecule has 1 aromatic heterocycles. The summed E-state index contributed by atoms with van der Waals surface area (Å²) in [6.45, 7) is 3.07. The van der Waals surface area contributed by atoms with Crippen molar-refractivity contribution < 1.29 is 4.39 Å². The zero-order chi connectivity index (χ0) is 9.80. The monoisotopic (exact) mass is 195 g/mol. The Kier molecular flexibility index (Phi) is 2.93. The van der Waals surface area contributed by atoms with E-state index in [1.54, 1.807) is 6.07 Å². The first-order valence-electron chi connectivity index (χ1n) is 4.91. The van der Waals surface area contributed by atoms with Crippen LogP contribution >= 0.6 is 0 Å². The maximum absolute atomic E-state index is 12.5. The third-order valence-electron chi connectivity index (χ3n) is 2.46. The van der Waals surface area contributed by atoms with E-state index < -0.39 is 0 Å². The highest BCUT2D eigenvalue weighted by Gasteiger charge is 2.13. The maximum Gasteiger partial charge on any atom is 0.141 e. The summed E-state index contributed by atoms with van der Waals surface area (Å²) in [5.74, 6) is 1.12. The standard InChI is InChI=1S/C10H14FN3/c11-9-1-2-10(14-7-9)13-6-8-3-4-12-5-8/h1-2,7-8,12H,3-6H2,(H,13,14). The summed E-state index contributed by atoms with van der Waals surface area (Å²) in [5, 5.41) is 6.49. The molecule has 0 saturated carbocycles. The Hall–Kier alpha value is -1.16. The van der Waals surface area contributed by atoms with Gasteiger partial charge in [0.2, 0.25) is 0 Å². The third-order valence-corrected chi connectivity index (χ3v) is 2.46. The Morgan fingerprint density at radius 1 is 1.57 bits per heavy atom. The van der Waals surface area contributed by atoms with Crippen molar-refractivity contribution in [2.24, 2.45) is 5.92 Å². The molecule has 0 spiro atoms. The number of nitrogens with one attached hydrogen (secondary N) is 2. The summed E-state index contributed by atoms with van der Waals surface area (Å²) in [7, 11) is 0. The van der Waals surface area contributed by atoms with E-state index in [9.17, 15) is 4.39 Å². The van der Waals surface area contributed by atoms with E-state index in [1.165, 1.54) is 18.7 Å². The van der Waals surface area contributed by atoms with Gasteiger partial charge >= 0.3 is 0 Å². The van der Waals surface area contributed by atoms with E-state index in [0.717, 1.165) is 25.5 Å². The van der Waals surface area contributed by atoms with E-state index in [-0.39, 0.29) is 5.82 Å². The summed E-state index contributed by atoms with van der Waals surface area (Å²) in [4.78, 5) is 3.93. The van der Waals surface area contributed by atoms with Gasteiger partial charge in [-0.3, -0.25) is 0 Å². The fraction of sp³-hybridized carbons (Fsp3) is 0.500. The lowest BCUT2D eigenvalue weighted by Crippen LogP contribution is -2.17. The van der Waals surface area contributed by atoms with Crippen LogP contribution in [0.25, 0.3) is 0 Å². The second-order valence-corrected chi connectivity index (χ2v) is 3.60. The SMILES string of the molecule is Fc1ccc(NCC2CCNC2)nc1. The van der Waals surface area contributed by atoms with Crippen LogP contribution in [0.2, 0.25) is 0 Å². The van der Waals surface area contributed by atoms with Crippen molar-refractivity contribution in [2.75, 3.05) is 25.0 Å². The largest absolute Gasteiger partial charge is 0.370 e. The van der Waals surface area contributed by atoms with E-state index in [0.29, 0.717) is 5.92 Å². The van der Waals surface area contributed by atoms with Crippen LogP contribution < -0.4 is 10.6 Å². The smallest absolute Gasteiger partial charge is 0.141 e. The predicted molar refractivity (Wildman–Crippen MR) is 53.7 cm³/mol. The minimum atomic E-state index is -0.293. The lowest BCUT2D eigenvalue weighted by molar-refractivity contribution is 0.610. The normalized spacial score (nSPS) is 21.1. The molecule has 2 rings (SSSR count). The Bertz CT molecular complexity index is 280. The first kappa shape index (κ1) is 9.40. The Morgan fingerprint density at radius 2 is 2.50 bits per heavy atom.